The second kappa shape index (κ2) is 15.0. The van der Waals surface area contributed by atoms with Crippen LogP contribution in [0.25, 0.3) is 0 Å². The number of pyridine rings is 1. The highest BCUT2D eigenvalue weighted by Gasteiger charge is 2.35. The number of fused-ring (bicyclic) bond motifs is 1. The number of nitrogens with one attached hydrogen (secondary N) is 1. The lowest BCUT2D eigenvalue weighted by molar-refractivity contribution is -0.138. The van der Waals surface area contributed by atoms with Crippen molar-refractivity contribution in [2.24, 2.45) is 0 Å². The van der Waals surface area contributed by atoms with Gasteiger partial charge in [0.05, 0.1) is 19.1 Å². The first-order chi connectivity index (χ1) is 21.8. The summed E-state index contributed by atoms with van der Waals surface area (Å²) in [6.07, 6.45) is 6.65. The second-order valence-electron chi connectivity index (χ2n) is 11.7. The van der Waals surface area contributed by atoms with Crippen molar-refractivity contribution in [2.45, 2.75) is 70.8 Å². The van der Waals surface area contributed by atoms with Crippen molar-refractivity contribution < 1.29 is 28.6 Å². The van der Waals surface area contributed by atoms with Crippen molar-refractivity contribution in [2.75, 3.05) is 31.6 Å². The first kappa shape index (κ1) is 31.9. The minimum Gasteiger partial charge on any atom is -0.490 e. The van der Waals surface area contributed by atoms with Gasteiger partial charge < -0.3 is 25.0 Å². The molecule has 1 atom stereocenters. The molecule has 238 valence electrons. The number of ether oxygens (including phenoxy) is 1. The summed E-state index contributed by atoms with van der Waals surface area (Å²) in [4.78, 5) is 44.8. The number of aliphatic carboxylic acids is 1. The van der Waals surface area contributed by atoms with Gasteiger partial charge in [0.15, 0.2) is 11.6 Å². The zero-order chi connectivity index (χ0) is 31.8. The number of halogens is 1. The van der Waals surface area contributed by atoms with Gasteiger partial charge in [0, 0.05) is 49.6 Å². The SMILES string of the molecule is CCC(=O)Nc1ccc(CCOc2ccc([C@H](CC(=O)O)N3CCN(CCCc4ccc5c(n4)CCCC5)C3=O)cc2F)cc1. The monoisotopic (exact) mass is 616 g/mol. The number of carbonyl (C=O) groups excluding carboxylic acids is 2. The van der Waals surface area contributed by atoms with E-state index in [0.29, 0.717) is 43.7 Å². The van der Waals surface area contributed by atoms with Crippen molar-refractivity contribution in [1.82, 2.24) is 14.8 Å². The van der Waals surface area contributed by atoms with Crippen LogP contribution in [0, 0.1) is 5.82 Å². The number of anilines is 1. The van der Waals surface area contributed by atoms with Crippen LogP contribution >= 0.6 is 0 Å². The quantitative estimate of drug-likeness (QED) is 0.231. The summed E-state index contributed by atoms with van der Waals surface area (Å²) in [5.74, 6) is -1.67. The van der Waals surface area contributed by atoms with E-state index >= 15 is 4.39 Å². The summed E-state index contributed by atoms with van der Waals surface area (Å²) in [5.41, 5.74) is 5.69. The van der Waals surface area contributed by atoms with E-state index < -0.39 is 17.8 Å². The van der Waals surface area contributed by atoms with Crippen LogP contribution in [0.4, 0.5) is 14.9 Å². The summed E-state index contributed by atoms with van der Waals surface area (Å²) in [6.45, 7) is 3.42. The number of carbonyl (C=O) groups is 3. The molecule has 2 aromatic carbocycles. The molecule has 10 heteroatoms. The number of aromatic nitrogens is 1. The number of hydrogen-bond acceptors (Lipinski definition) is 5. The summed E-state index contributed by atoms with van der Waals surface area (Å²) in [6, 6.07) is 15.0. The van der Waals surface area contributed by atoms with Crippen molar-refractivity contribution >= 4 is 23.6 Å². The van der Waals surface area contributed by atoms with Crippen molar-refractivity contribution in [1.29, 1.82) is 0 Å². The van der Waals surface area contributed by atoms with E-state index in [-0.39, 0.29) is 30.7 Å². The number of benzene rings is 2. The van der Waals surface area contributed by atoms with Crippen LogP contribution in [0.5, 0.6) is 5.75 Å². The van der Waals surface area contributed by atoms with E-state index in [4.69, 9.17) is 9.72 Å². The fraction of sp³-hybridized carbons (Fsp3) is 0.429. The van der Waals surface area contributed by atoms with Crippen LogP contribution in [0.1, 0.15) is 73.1 Å². The smallest absolute Gasteiger partial charge is 0.320 e. The summed E-state index contributed by atoms with van der Waals surface area (Å²) in [5, 5.41) is 12.4. The number of amides is 3. The van der Waals surface area contributed by atoms with E-state index in [1.54, 1.807) is 17.9 Å². The van der Waals surface area contributed by atoms with Gasteiger partial charge in [-0.2, -0.15) is 0 Å². The van der Waals surface area contributed by atoms with Gasteiger partial charge in [-0.25, -0.2) is 9.18 Å². The maximum absolute atomic E-state index is 15.1. The topological polar surface area (TPSA) is 112 Å². The molecular formula is C35H41FN4O5. The van der Waals surface area contributed by atoms with E-state index in [2.05, 4.69) is 17.4 Å². The first-order valence-electron chi connectivity index (χ1n) is 15.9. The zero-order valence-corrected chi connectivity index (χ0v) is 25.8. The molecule has 0 saturated carbocycles. The first-order valence-corrected chi connectivity index (χ1v) is 15.9. The molecule has 5 rings (SSSR count). The molecule has 0 unspecified atom stereocenters. The van der Waals surface area contributed by atoms with Gasteiger partial charge in [-0.1, -0.05) is 31.2 Å². The molecule has 0 spiro atoms. The van der Waals surface area contributed by atoms with Crippen molar-refractivity contribution in [3.63, 3.8) is 0 Å². The average Bonchev–Trinajstić information content (AvgIpc) is 3.40. The molecule has 3 amide bonds. The number of carboxylic acids is 1. The number of aryl methyl sites for hydroxylation is 3. The molecule has 0 radical (unpaired) electrons. The van der Waals surface area contributed by atoms with Gasteiger partial charge in [0.2, 0.25) is 5.91 Å². The third-order valence-electron chi connectivity index (χ3n) is 8.52. The minimum atomic E-state index is -1.06. The third-order valence-corrected chi connectivity index (χ3v) is 8.52. The van der Waals surface area contributed by atoms with Gasteiger partial charge >= 0.3 is 12.0 Å². The lowest BCUT2D eigenvalue weighted by atomic mass is 9.95. The maximum Gasteiger partial charge on any atom is 0.320 e. The molecule has 2 N–H and O–H groups in total. The van der Waals surface area contributed by atoms with Crippen LogP contribution < -0.4 is 10.1 Å². The highest BCUT2D eigenvalue weighted by atomic mass is 19.1. The van der Waals surface area contributed by atoms with Crippen LogP contribution in [-0.2, 0) is 35.3 Å². The van der Waals surface area contributed by atoms with Crippen molar-refractivity contribution in [3.05, 3.63) is 88.5 Å². The Balaban J connectivity index is 1.15. The third kappa shape index (κ3) is 8.38. The Morgan fingerprint density at radius 3 is 2.60 bits per heavy atom. The lowest BCUT2D eigenvalue weighted by Crippen LogP contribution is -2.36. The Morgan fingerprint density at radius 1 is 1.04 bits per heavy atom. The highest BCUT2D eigenvalue weighted by molar-refractivity contribution is 5.90. The van der Waals surface area contributed by atoms with Gasteiger partial charge in [0.1, 0.15) is 0 Å². The van der Waals surface area contributed by atoms with E-state index in [1.165, 1.54) is 41.1 Å². The molecular weight excluding hydrogens is 575 g/mol. The predicted molar refractivity (Wildman–Crippen MR) is 169 cm³/mol. The number of nitrogens with zero attached hydrogens (tertiary/aromatic N) is 3. The van der Waals surface area contributed by atoms with Gasteiger partial charge in [-0.15, -0.1) is 0 Å². The maximum atomic E-state index is 15.1. The Morgan fingerprint density at radius 2 is 1.84 bits per heavy atom. The van der Waals surface area contributed by atoms with Crippen LogP contribution in [-0.4, -0.2) is 64.0 Å². The molecule has 2 heterocycles. The van der Waals surface area contributed by atoms with Crippen molar-refractivity contribution in [3.8, 4) is 5.75 Å². The Bertz CT molecular complexity index is 1510. The van der Waals surface area contributed by atoms with Gasteiger partial charge in [0.25, 0.3) is 0 Å². The molecule has 1 saturated heterocycles. The van der Waals surface area contributed by atoms with Crippen LogP contribution in [0.15, 0.2) is 54.6 Å². The summed E-state index contributed by atoms with van der Waals surface area (Å²) >= 11 is 0. The number of hydrogen-bond donors (Lipinski definition) is 2. The Hall–Kier alpha value is -4.47. The molecule has 1 aliphatic heterocycles. The second-order valence-corrected chi connectivity index (χ2v) is 11.7. The van der Waals surface area contributed by atoms with E-state index in [1.807, 2.05) is 24.3 Å². The molecule has 1 aliphatic carbocycles. The fourth-order valence-corrected chi connectivity index (χ4v) is 6.01. The number of carboxylic acid groups (broad SMARTS) is 1. The normalized spacial score (nSPS) is 15.1. The Kier molecular flexibility index (Phi) is 10.7. The number of urea groups is 1. The molecule has 0 bridgehead atoms. The van der Waals surface area contributed by atoms with Crippen LogP contribution in [0.2, 0.25) is 0 Å². The molecule has 1 fully saturated rings. The fourth-order valence-electron chi connectivity index (χ4n) is 6.01. The zero-order valence-electron chi connectivity index (χ0n) is 25.8. The molecule has 9 nitrogen and oxygen atoms in total. The number of rotatable bonds is 14. The summed E-state index contributed by atoms with van der Waals surface area (Å²) in [7, 11) is 0. The largest absolute Gasteiger partial charge is 0.490 e. The summed E-state index contributed by atoms with van der Waals surface area (Å²) < 4.78 is 20.8. The molecule has 2 aliphatic rings. The standard InChI is InChI=1S/C35H41FN4O5/c1-2-33(41)38-28-13-9-24(10-14-28)17-21-45-32-16-12-26(22-29(32)36)31(23-34(42)43)40-20-19-39(35(40)44)18-5-7-27-15-11-25-6-3-4-8-30(25)37-27/h9-16,22,31H,2-8,17-21,23H2,1H3,(H,38,41)(H,42,43)/t31-/m0/s1. The molecule has 45 heavy (non-hydrogen) atoms. The molecule has 3 aromatic rings. The highest BCUT2D eigenvalue weighted by Crippen LogP contribution is 2.31. The van der Waals surface area contributed by atoms with Gasteiger partial charge in [-0.3, -0.25) is 14.6 Å². The van der Waals surface area contributed by atoms with E-state index in [0.717, 1.165) is 36.9 Å². The van der Waals surface area contributed by atoms with E-state index in [9.17, 15) is 19.5 Å². The van der Waals surface area contributed by atoms with Crippen LogP contribution in [0.3, 0.4) is 0 Å². The minimum absolute atomic E-state index is 0.0592. The van der Waals surface area contributed by atoms with Gasteiger partial charge in [-0.05, 0) is 85.5 Å². The Labute approximate surface area is 263 Å². The predicted octanol–water partition coefficient (Wildman–Crippen LogP) is 5.96. The lowest BCUT2D eigenvalue weighted by Gasteiger charge is -2.27. The average molecular weight is 617 g/mol. The molecule has 1 aromatic heterocycles.